The van der Waals surface area contributed by atoms with Crippen LogP contribution in [0.15, 0.2) is 36.4 Å². The maximum Gasteiger partial charge on any atom is 0.123 e. The van der Waals surface area contributed by atoms with Crippen molar-refractivity contribution in [3.05, 3.63) is 53.3 Å². The SMILES string of the molecule is COc1ccc(CCl)c(-c2cc(F)ccc2CCl)c1. The van der Waals surface area contributed by atoms with E-state index in [2.05, 4.69) is 0 Å². The molecule has 0 amide bonds. The lowest BCUT2D eigenvalue weighted by molar-refractivity contribution is 0.415. The summed E-state index contributed by atoms with van der Waals surface area (Å²) in [7, 11) is 1.59. The highest BCUT2D eigenvalue weighted by molar-refractivity contribution is 6.18. The Morgan fingerprint density at radius 3 is 2.11 bits per heavy atom. The van der Waals surface area contributed by atoms with E-state index in [9.17, 15) is 4.39 Å². The minimum atomic E-state index is -0.299. The monoisotopic (exact) mass is 298 g/mol. The molecule has 4 heteroatoms. The lowest BCUT2D eigenvalue weighted by atomic mass is 9.96. The Morgan fingerprint density at radius 1 is 0.947 bits per heavy atom. The zero-order chi connectivity index (χ0) is 13.8. The van der Waals surface area contributed by atoms with Crippen LogP contribution in [0.2, 0.25) is 0 Å². The summed E-state index contributed by atoms with van der Waals surface area (Å²) in [5, 5.41) is 0. The molecular weight excluding hydrogens is 286 g/mol. The van der Waals surface area contributed by atoms with Crippen molar-refractivity contribution in [2.24, 2.45) is 0 Å². The molecule has 0 fully saturated rings. The number of halogens is 3. The van der Waals surface area contributed by atoms with Crippen molar-refractivity contribution in [2.75, 3.05) is 7.11 Å². The van der Waals surface area contributed by atoms with Gasteiger partial charge in [-0.05, 0) is 46.5 Å². The van der Waals surface area contributed by atoms with Crippen LogP contribution >= 0.6 is 23.2 Å². The molecular formula is C15H13Cl2FO. The van der Waals surface area contributed by atoms with Gasteiger partial charge in [-0.15, -0.1) is 23.2 Å². The first kappa shape index (κ1) is 14.2. The topological polar surface area (TPSA) is 9.23 Å². The van der Waals surface area contributed by atoms with Crippen molar-refractivity contribution < 1.29 is 9.13 Å². The highest BCUT2D eigenvalue weighted by Gasteiger charge is 2.11. The van der Waals surface area contributed by atoms with Gasteiger partial charge in [-0.1, -0.05) is 12.1 Å². The molecule has 0 aromatic heterocycles. The largest absolute Gasteiger partial charge is 0.497 e. The Morgan fingerprint density at radius 2 is 1.53 bits per heavy atom. The number of ether oxygens (including phenoxy) is 1. The summed E-state index contributed by atoms with van der Waals surface area (Å²) in [6.45, 7) is 0. The van der Waals surface area contributed by atoms with Gasteiger partial charge < -0.3 is 4.74 Å². The van der Waals surface area contributed by atoms with Crippen LogP contribution in [0.25, 0.3) is 11.1 Å². The highest BCUT2D eigenvalue weighted by atomic mass is 35.5. The molecule has 0 saturated heterocycles. The van der Waals surface area contributed by atoms with E-state index in [1.807, 2.05) is 18.2 Å². The van der Waals surface area contributed by atoms with Crippen LogP contribution < -0.4 is 4.74 Å². The zero-order valence-corrected chi connectivity index (χ0v) is 11.9. The summed E-state index contributed by atoms with van der Waals surface area (Å²) < 4.78 is 18.7. The molecule has 0 radical (unpaired) electrons. The molecule has 0 aliphatic carbocycles. The van der Waals surface area contributed by atoms with Gasteiger partial charge in [0.05, 0.1) is 7.11 Å². The fourth-order valence-corrected chi connectivity index (χ4v) is 2.43. The third-order valence-electron chi connectivity index (χ3n) is 2.97. The summed E-state index contributed by atoms with van der Waals surface area (Å²) in [5.74, 6) is 1.06. The summed E-state index contributed by atoms with van der Waals surface area (Å²) in [6, 6.07) is 10.1. The summed E-state index contributed by atoms with van der Waals surface area (Å²) in [6.07, 6.45) is 0. The Balaban J connectivity index is 2.65. The Bertz CT molecular complexity index is 584. The fraction of sp³-hybridized carbons (Fsp3) is 0.200. The second-order valence-corrected chi connectivity index (χ2v) is 4.63. The molecule has 0 bridgehead atoms. The number of rotatable bonds is 4. The average Bonchev–Trinajstić information content (AvgIpc) is 2.46. The second kappa shape index (κ2) is 6.27. The van der Waals surface area contributed by atoms with Crippen LogP contribution in [-0.2, 0) is 11.8 Å². The van der Waals surface area contributed by atoms with Gasteiger partial charge in [0.15, 0.2) is 0 Å². The number of hydrogen-bond donors (Lipinski definition) is 0. The van der Waals surface area contributed by atoms with E-state index in [1.165, 1.54) is 12.1 Å². The molecule has 0 heterocycles. The van der Waals surface area contributed by atoms with E-state index in [-0.39, 0.29) is 5.82 Å². The van der Waals surface area contributed by atoms with E-state index >= 15 is 0 Å². The first-order valence-corrected chi connectivity index (χ1v) is 6.84. The molecule has 19 heavy (non-hydrogen) atoms. The lowest BCUT2D eigenvalue weighted by Gasteiger charge is -2.13. The van der Waals surface area contributed by atoms with Crippen LogP contribution in [0.5, 0.6) is 5.75 Å². The molecule has 0 atom stereocenters. The van der Waals surface area contributed by atoms with E-state index in [0.29, 0.717) is 17.5 Å². The van der Waals surface area contributed by atoms with Gasteiger partial charge in [0, 0.05) is 11.8 Å². The number of hydrogen-bond acceptors (Lipinski definition) is 1. The molecule has 1 nitrogen and oxygen atoms in total. The van der Waals surface area contributed by atoms with Crippen molar-refractivity contribution >= 4 is 23.2 Å². The standard InChI is InChI=1S/C15H13Cl2FO/c1-19-13-5-3-11(9-17)15(7-13)14-6-12(18)4-2-10(14)8-16/h2-7H,8-9H2,1H3. The highest BCUT2D eigenvalue weighted by Crippen LogP contribution is 2.32. The first-order valence-electron chi connectivity index (χ1n) is 5.77. The van der Waals surface area contributed by atoms with Crippen LogP contribution in [0, 0.1) is 5.82 Å². The molecule has 0 spiro atoms. The van der Waals surface area contributed by atoms with Crippen LogP contribution in [0.1, 0.15) is 11.1 Å². The third-order valence-corrected chi connectivity index (χ3v) is 3.54. The normalized spacial score (nSPS) is 10.5. The van der Waals surface area contributed by atoms with Gasteiger partial charge in [0.25, 0.3) is 0 Å². The Hall–Kier alpha value is -1.25. The quantitative estimate of drug-likeness (QED) is 0.724. The van der Waals surface area contributed by atoms with Crippen molar-refractivity contribution in [1.82, 2.24) is 0 Å². The van der Waals surface area contributed by atoms with Crippen molar-refractivity contribution in [3.63, 3.8) is 0 Å². The smallest absolute Gasteiger partial charge is 0.123 e. The molecule has 2 aromatic rings. The van der Waals surface area contributed by atoms with Gasteiger partial charge in [-0.3, -0.25) is 0 Å². The maximum absolute atomic E-state index is 13.5. The number of benzene rings is 2. The fourth-order valence-electron chi connectivity index (χ4n) is 1.97. The van der Waals surface area contributed by atoms with Gasteiger partial charge in [-0.25, -0.2) is 4.39 Å². The molecule has 2 rings (SSSR count). The Labute approximate surface area is 121 Å². The van der Waals surface area contributed by atoms with Crippen LogP contribution in [0.4, 0.5) is 4.39 Å². The third kappa shape index (κ3) is 3.02. The maximum atomic E-state index is 13.5. The second-order valence-electron chi connectivity index (χ2n) is 4.09. The summed E-state index contributed by atoms with van der Waals surface area (Å²) >= 11 is 11.9. The van der Waals surface area contributed by atoms with Gasteiger partial charge in [-0.2, -0.15) is 0 Å². The summed E-state index contributed by atoms with van der Waals surface area (Å²) in [5.41, 5.74) is 3.39. The van der Waals surface area contributed by atoms with Gasteiger partial charge in [0.1, 0.15) is 11.6 Å². The molecule has 2 aromatic carbocycles. The zero-order valence-electron chi connectivity index (χ0n) is 10.4. The molecule has 0 saturated carbocycles. The predicted octanol–water partition coefficient (Wildman–Crippen LogP) is 4.98. The Kier molecular flexibility index (Phi) is 4.67. The van der Waals surface area contributed by atoms with Crippen molar-refractivity contribution in [3.8, 4) is 16.9 Å². The molecule has 0 aliphatic rings. The van der Waals surface area contributed by atoms with E-state index in [1.54, 1.807) is 13.2 Å². The van der Waals surface area contributed by atoms with Gasteiger partial charge in [0.2, 0.25) is 0 Å². The van der Waals surface area contributed by atoms with Gasteiger partial charge >= 0.3 is 0 Å². The molecule has 0 aliphatic heterocycles. The van der Waals surface area contributed by atoms with Crippen molar-refractivity contribution in [2.45, 2.75) is 11.8 Å². The molecule has 0 N–H and O–H groups in total. The molecule has 0 unspecified atom stereocenters. The van der Waals surface area contributed by atoms with Crippen LogP contribution in [-0.4, -0.2) is 7.11 Å². The number of methoxy groups -OCH3 is 1. The molecule has 100 valence electrons. The lowest BCUT2D eigenvalue weighted by Crippen LogP contribution is -1.94. The minimum Gasteiger partial charge on any atom is -0.497 e. The predicted molar refractivity (Wildman–Crippen MR) is 77.5 cm³/mol. The average molecular weight is 299 g/mol. The number of alkyl halides is 2. The minimum absolute atomic E-state index is 0.299. The van der Waals surface area contributed by atoms with Crippen LogP contribution in [0.3, 0.4) is 0 Å². The summed E-state index contributed by atoms with van der Waals surface area (Å²) in [4.78, 5) is 0. The first-order chi connectivity index (χ1) is 9.19. The van der Waals surface area contributed by atoms with E-state index in [0.717, 1.165) is 22.3 Å². The van der Waals surface area contributed by atoms with E-state index in [4.69, 9.17) is 27.9 Å². The van der Waals surface area contributed by atoms with Crippen molar-refractivity contribution in [1.29, 1.82) is 0 Å². The van der Waals surface area contributed by atoms with E-state index < -0.39 is 0 Å².